The van der Waals surface area contributed by atoms with Crippen LogP contribution in [-0.4, -0.2) is 45.0 Å². The fraction of sp³-hybridized carbons (Fsp3) is 0.611. The molecule has 1 spiro atoms. The molecule has 3 aliphatic rings. The first kappa shape index (κ1) is 16.2. The standard InChI is InChI=1S/C18H22ClNO4/c1-22-17(4-6-23-11-17)10-20-16(21)14-9-18(14)5-7-24-15-3-2-12(19)8-13(15)18/h2-3,8,14H,4-7,9-11H2,1H3,(H,20,21)/t14-,17-,18-/m0/s1. The van der Waals surface area contributed by atoms with Gasteiger partial charge in [0.1, 0.15) is 11.4 Å². The highest BCUT2D eigenvalue weighted by Gasteiger charge is 2.61. The second-order valence-corrected chi connectivity index (χ2v) is 7.50. The zero-order chi connectivity index (χ0) is 16.8. The van der Waals surface area contributed by atoms with Gasteiger partial charge in [-0.3, -0.25) is 4.79 Å². The van der Waals surface area contributed by atoms with E-state index in [1.165, 1.54) is 0 Å². The van der Waals surface area contributed by atoms with E-state index < -0.39 is 0 Å². The molecule has 1 aliphatic carbocycles. The predicted octanol–water partition coefficient (Wildman–Crippen LogP) is 2.30. The minimum Gasteiger partial charge on any atom is -0.493 e. The van der Waals surface area contributed by atoms with Crippen LogP contribution in [0, 0.1) is 5.92 Å². The Kier molecular flexibility index (Phi) is 3.98. The van der Waals surface area contributed by atoms with Gasteiger partial charge in [0.15, 0.2) is 0 Å². The Hall–Kier alpha value is -1.30. The number of carbonyl (C=O) groups is 1. The Morgan fingerprint density at radius 1 is 1.42 bits per heavy atom. The molecule has 24 heavy (non-hydrogen) atoms. The van der Waals surface area contributed by atoms with Crippen LogP contribution >= 0.6 is 11.6 Å². The number of ether oxygens (including phenoxy) is 3. The molecule has 0 unspecified atom stereocenters. The Morgan fingerprint density at radius 2 is 2.29 bits per heavy atom. The summed E-state index contributed by atoms with van der Waals surface area (Å²) in [5.74, 6) is 0.930. The Bertz CT molecular complexity index is 658. The molecule has 2 aliphatic heterocycles. The molecule has 2 heterocycles. The highest BCUT2D eigenvalue weighted by Crippen LogP contribution is 2.61. The van der Waals surface area contributed by atoms with Gasteiger partial charge in [0.25, 0.3) is 0 Å². The largest absolute Gasteiger partial charge is 0.493 e. The number of amides is 1. The summed E-state index contributed by atoms with van der Waals surface area (Å²) in [5, 5.41) is 3.76. The average molecular weight is 352 g/mol. The fourth-order valence-electron chi connectivity index (χ4n) is 4.05. The molecule has 2 fully saturated rings. The molecule has 1 N–H and O–H groups in total. The molecule has 1 amide bonds. The first-order valence-electron chi connectivity index (χ1n) is 8.42. The number of hydrogen-bond acceptors (Lipinski definition) is 4. The summed E-state index contributed by atoms with van der Waals surface area (Å²) in [4.78, 5) is 12.7. The number of halogens is 1. The Balaban J connectivity index is 1.46. The second-order valence-electron chi connectivity index (χ2n) is 7.06. The highest BCUT2D eigenvalue weighted by atomic mass is 35.5. The van der Waals surface area contributed by atoms with Gasteiger partial charge >= 0.3 is 0 Å². The van der Waals surface area contributed by atoms with Gasteiger partial charge in [0.2, 0.25) is 5.91 Å². The first-order valence-corrected chi connectivity index (χ1v) is 8.80. The SMILES string of the molecule is CO[C@]1(CNC(=O)[C@@H]2C[C@]23CCOc2ccc(Cl)cc23)CCOC1. The fourth-order valence-corrected chi connectivity index (χ4v) is 4.22. The number of nitrogens with one attached hydrogen (secondary N) is 1. The Morgan fingerprint density at radius 3 is 3.04 bits per heavy atom. The second kappa shape index (κ2) is 5.90. The summed E-state index contributed by atoms with van der Waals surface area (Å²) < 4.78 is 16.7. The van der Waals surface area contributed by atoms with Crippen molar-refractivity contribution in [3.8, 4) is 5.75 Å². The normalized spacial score (nSPS) is 33.8. The molecule has 0 bridgehead atoms. The van der Waals surface area contributed by atoms with Gasteiger partial charge in [0.05, 0.1) is 13.2 Å². The molecule has 1 saturated heterocycles. The molecule has 1 aromatic carbocycles. The van der Waals surface area contributed by atoms with Crippen LogP contribution in [0.2, 0.25) is 5.02 Å². The molecule has 1 saturated carbocycles. The van der Waals surface area contributed by atoms with Gasteiger partial charge in [-0.25, -0.2) is 0 Å². The molecule has 4 rings (SSSR count). The number of hydrogen-bond donors (Lipinski definition) is 1. The van der Waals surface area contributed by atoms with E-state index in [-0.39, 0.29) is 22.8 Å². The van der Waals surface area contributed by atoms with Crippen LogP contribution in [0.25, 0.3) is 0 Å². The van der Waals surface area contributed by atoms with Crippen LogP contribution in [0.5, 0.6) is 5.75 Å². The third-order valence-corrected chi connectivity index (χ3v) is 6.00. The van der Waals surface area contributed by atoms with Gasteiger partial charge in [0, 0.05) is 48.6 Å². The van der Waals surface area contributed by atoms with E-state index in [0.29, 0.717) is 31.4 Å². The van der Waals surface area contributed by atoms with Crippen LogP contribution in [-0.2, 0) is 19.7 Å². The van der Waals surface area contributed by atoms with Crippen molar-refractivity contribution in [1.82, 2.24) is 5.32 Å². The van der Waals surface area contributed by atoms with Crippen LogP contribution in [0.4, 0.5) is 0 Å². The summed E-state index contributed by atoms with van der Waals surface area (Å²) in [7, 11) is 1.68. The zero-order valence-electron chi connectivity index (χ0n) is 13.8. The molecule has 5 nitrogen and oxygen atoms in total. The lowest BCUT2D eigenvalue weighted by Gasteiger charge is -2.28. The smallest absolute Gasteiger partial charge is 0.224 e. The zero-order valence-corrected chi connectivity index (χ0v) is 14.5. The molecular weight excluding hydrogens is 330 g/mol. The van der Waals surface area contributed by atoms with E-state index >= 15 is 0 Å². The van der Waals surface area contributed by atoms with E-state index in [1.54, 1.807) is 7.11 Å². The van der Waals surface area contributed by atoms with Gasteiger partial charge in [-0.2, -0.15) is 0 Å². The average Bonchev–Trinajstić information content (AvgIpc) is 3.11. The van der Waals surface area contributed by atoms with E-state index in [1.807, 2.05) is 18.2 Å². The molecule has 0 aromatic heterocycles. The molecule has 3 atom stereocenters. The van der Waals surface area contributed by atoms with Gasteiger partial charge in [-0.05, 0) is 31.0 Å². The minimum atomic E-state index is -0.380. The van der Waals surface area contributed by atoms with Crippen LogP contribution in [0.1, 0.15) is 24.8 Å². The van der Waals surface area contributed by atoms with Crippen molar-refractivity contribution >= 4 is 17.5 Å². The molecular formula is C18H22ClNO4. The van der Waals surface area contributed by atoms with E-state index in [2.05, 4.69) is 5.32 Å². The molecule has 0 radical (unpaired) electrons. The maximum atomic E-state index is 12.7. The lowest BCUT2D eigenvalue weighted by molar-refractivity contribution is -0.124. The van der Waals surface area contributed by atoms with E-state index in [4.69, 9.17) is 25.8 Å². The summed E-state index contributed by atoms with van der Waals surface area (Å²) in [6.07, 6.45) is 2.52. The quantitative estimate of drug-likeness (QED) is 0.904. The lowest BCUT2D eigenvalue weighted by Crippen LogP contribution is -2.46. The molecule has 130 valence electrons. The highest BCUT2D eigenvalue weighted by molar-refractivity contribution is 6.30. The lowest BCUT2D eigenvalue weighted by atomic mass is 9.87. The van der Waals surface area contributed by atoms with Gasteiger partial charge in [-0.15, -0.1) is 0 Å². The maximum Gasteiger partial charge on any atom is 0.224 e. The number of methoxy groups -OCH3 is 1. The topological polar surface area (TPSA) is 56.8 Å². The third-order valence-electron chi connectivity index (χ3n) is 5.76. The third kappa shape index (κ3) is 2.59. The number of benzene rings is 1. The van der Waals surface area contributed by atoms with Gasteiger partial charge in [-0.1, -0.05) is 11.6 Å². The monoisotopic (exact) mass is 351 g/mol. The summed E-state index contributed by atoms with van der Waals surface area (Å²) in [6, 6.07) is 5.69. The summed E-state index contributed by atoms with van der Waals surface area (Å²) in [6.45, 7) is 2.36. The number of carbonyl (C=O) groups excluding carboxylic acids is 1. The van der Waals surface area contributed by atoms with E-state index in [0.717, 1.165) is 30.6 Å². The summed E-state index contributed by atoms with van der Waals surface area (Å²) >= 11 is 6.16. The van der Waals surface area contributed by atoms with Crippen LogP contribution in [0.15, 0.2) is 18.2 Å². The first-order chi connectivity index (χ1) is 11.6. The number of fused-ring (bicyclic) bond motifs is 2. The van der Waals surface area contributed by atoms with Crippen molar-refractivity contribution in [1.29, 1.82) is 0 Å². The van der Waals surface area contributed by atoms with Crippen LogP contribution in [0.3, 0.4) is 0 Å². The van der Waals surface area contributed by atoms with Crippen molar-refractivity contribution in [3.63, 3.8) is 0 Å². The predicted molar refractivity (Wildman–Crippen MR) is 89.5 cm³/mol. The number of rotatable bonds is 4. The summed E-state index contributed by atoms with van der Waals surface area (Å²) in [5.41, 5.74) is 0.580. The van der Waals surface area contributed by atoms with Crippen LogP contribution < -0.4 is 10.1 Å². The van der Waals surface area contributed by atoms with E-state index in [9.17, 15) is 4.79 Å². The van der Waals surface area contributed by atoms with Gasteiger partial charge < -0.3 is 19.5 Å². The van der Waals surface area contributed by atoms with Crippen molar-refractivity contribution in [2.24, 2.45) is 5.92 Å². The maximum absolute atomic E-state index is 12.7. The minimum absolute atomic E-state index is 0.0187. The van der Waals surface area contributed by atoms with Crippen molar-refractivity contribution in [2.75, 3.05) is 33.5 Å². The molecule has 6 heteroatoms. The Labute approximate surface area is 146 Å². The van der Waals surface area contributed by atoms with Crippen molar-refractivity contribution in [2.45, 2.75) is 30.3 Å². The van der Waals surface area contributed by atoms with Crippen molar-refractivity contribution in [3.05, 3.63) is 28.8 Å². The van der Waals surface area contributed by atoms with Crippen molar-refractivity contribution < 1.29 is 19.0 Å². The molecule has 1 aromatic rings.